The van der Waals surface area contributed by atoms with E-state index in [0.29, 0.717) is 22.0 Å². The minimum atomic E-state index is -0.483. The number of nitrogens with one attached hydrogen (secondary N) is 2. The second-order valence-electron chi connectivity index (χ2n) is 4.87. The van der Waals surface area contributed by atoms with Crippen molar-refractivity contribution < 1.29 is 9.72 Å². The maximum atomic E-state index is 11.8. The Morgan fingerprint density at radius 3 is 2.71 bits per heavy atom. The number of para-hydroxylation sites is 1. The predicted molar refractivity (Wildman–Crippen MR) is 93.4 cm³/mol. The predicted octanol–water partition coefficient (Wildman–Crippen LogP) is 3.20. The van der Waals surface area contributed by atoms with Gasteiger partial charge in [-0.2, -0.15) is 5.10 Å². The average molecular weight is 347 g/mol. The van der Waals surface area contributed by atoms with Gasteiger partial charge < -0.3 is 5.32 Å². The number of hydrogen-bond donors (Lipinski definition) is 2. The number of non-ortho nitro benzene ring substituents is 1. The number of carbonyl (C=O) groups is 1. The number of nitrogens with zero attached hydrogens (tertiary/aromatic N) is 2. The minimum Gasteiger partial charge on any atom is -0.375 e. The van der Waals surface area contributed by atoms with Crippen LogP contribution < -0.4 is 10.7 Å². The highest BCUT2D eigenvalue weighted by Crippen LogP contribution is 2.19. The molecule has 0 aliphatic heterocycles. The van der Waals surface area contributed by atoms with E-state index in [4.69, 9.17) is 11.6 Å². The first-order valence-corrected chi connectivity index (χ1v) is 7.41. The fraction of sp³-hybridized carbons (Fsp3) is 0.125. The maximum Gasteiger partial charge on any atom is 0.270 e. The third-order valence-electron chi connectivity index (χ3n) is 3.14. The maximum absolute atomic E-state index is 11.8. The van der Waals surface area contributed by atoms with E-state index in [0.717, 1.165) is 0 Å². The van der Waals surface area contributed by atoms with Crippen LogP contribution in [0.4, 0.5) is 11.4 Å². The monoisotopic (exact) mass is 346 g/mol. The summed E-state index contributed by atoms with van der Waals surface area (Å²) in [6.45, 7) is 1.65. The molecule has 0 saturated heterocycles. The van der Waals surface area contributed by atoms with Crippen molar-refractivity contribution in [1.82, 2.24) is 5.43 Å². The second kappa shape index (κ2) is 8.07. The van der Waals surface area contributed by atoms with Crippen LogP contribution >= 0.6 is 11.6 Å². The van der Waals surface area contributed by atoms with Crippen molar-refractivity contribution in [2.24, 2.45) is 5.10 Å². The smallest absolute Gasteiger partial charge is 0.270 e. The number of anilines is 1. The molecular formula is C16H15ClN4O3. The van der Waals surface area contributed by atoms with E-state index in [1.54, 1.807) is 43.3 Å². The quantitative estimate of drug-likeness (QED) is 0.477. The Kier molecular flexibility index (Phi) is 5.86. The molecule has 8 heteroatoms. The van der Waals surface area contributed by atoms with Crippen molar-refractivity contribution >= 4 is 34.6 Å². The van der Waals surface area contributed by atoms with E-state index in [2.05, 4.69) is 15.8 Å². The third kappa shape index (κ3) is 4.79. The first-order valence-electron chi connectivity index (χ1n) is 7.03. The summed E-state index contributed by atoms with van der Waals surface area (Å²) in [4.78, 5) is 22.1. The molecule has 0 radical (unpaired) electrons. The number of nitro groups is 1. The summed E-state index contributed by atoms with van der Waals surface area (Å²) in [6.07, 6.45) is 0. The number of hydrogen-bond acceptors (Lipinski definition) is 5. The van der Waals surface area contributed by atoms with Gasteiger partial charge in [-0.15, -0.1) is 0 Å². The molecule has 0 atom stereocenters. The van der Waals surface area contributed by atoms with Gasteiger partial charge in [-0.05, 0) is 19.1 Å². The zero-order valence-corrected chi connectivity index (χ0v) is 13.6. The normalized spacial score (nSPS) is 11.0. The van der Waals surface area contributed by atoms with Crippen molar-refractivity contribution in [2.45, 2.75) is 6.92 Å². The molecule has 0 fully saturated rings. The molecular weight excluding hydrogens is 332 g/mol. The highest BCUT2D eigenvalue weighted by Gasteiger charge is 2.08. The second-order valence-corrected chi connectivity index (χ2v) is 5.28. The largest absolute Gasteiger partial charge is 0.375 e. The lowest BCUT2D eigenvalue weighted by Gasteiger charge is -2.07. The van der Waals surface area contributed by atoms with Gasteiger partial charge in [-0.3, -0.25) is 14.9 Å². The Hall–Kier alpha value is -2.93. The SMILES string of the molecule is C/C(=N/NC(=O)CNc1ccccc1Cl)c1cccc([N+](=O)[O-])c1. The molecule has 1 amide bonds. The lowest BCUT2D eigenvalue weighted by Crippen LogP contribution is -2.26. The molecule has 2 rings (SSSR count). The van der Waals surface area contributed by atoms with Gasteiger partial charge in [0.25, 0.3) is 11.6 Å². The van der Waals surface area contributed by atoms with Crippen LogP contribution in [0.1, 0.15) is 12.5 Å². The summed E-state index contributed by atoms with van der Waals surface area (Å²) in [5.74, 6) is -0.361. The molecule has 0 saturated carbocycles. The van der Waals surface area contributed by atoms with Crippen molar-refractivity contribution in [3.05, 3.63) is 69.2 Å². The Morgan fingerprint density at radius 1 is 1.25 bits per heavy atom. The number of amides is 1. The average Bonchev–Trinajstić information content (AvgIpc) is 2.59. The van der Waals surface area contributed by atoms with Gasteiger partial charge in [0, 0.05) is 17.7 Å². The van der Waals surface area contributed by atoms with E-state index in [1.165, 1.54) is 12.1 Å². The minimum absolute atomic E-state index is 0.00451. The van der Waals surface area contributed by atoms with Gasteiger partial charge in [-0.25, -0.2) is 5.43 Å². The first-order chi connectivity index (χ1) is 11.5. The molecule has 0 aliphatic rings. The van der Waals surface area contributed by atoms with Crippen molar-refractivity contribution in [1.29, 1.82) is 0 Å². The molecule has 2 aromatic carbocycles. The summed E-state index contributed by atoms with van der Waals surface area (Å²) in [5, 5.41) is 18.1. The zero-order valence-electron chi connectivity index (χ0n) is 12.8. The first kappa shape index (κ1) is 17.4. The molecule has 0 bridgehead atoms. The fourth-order valence-electron chi connectivity index (χ4n) is 1.87. The molecule has 0 unspecified atom stereocenters. The van der Waals surface area contributed by atoms with E-state index in [-0.39, 0.29) is 18.1 Å². The Bertz CT molecular complexity index is 792. The van der Waals surface area contributed by atoms with Gasteiger partial charge in [0.15, 0.2) is 0 Å². The lowest BCUT2D eigenvalue weighted by atomic mass is 10.1. The molecule has 7 nitrogen and oxygen atoms in total. The number of halogens is 1. The number of benzene rings is 2. The van der Waals surface area contributed by atoms with Crippen LogP contribution in [0.3, 0.4) is 0 Å². The van der Waals surface area contributed by atoms with Crippen LogP contribution in [0.2, 0.25) is 5.02 Å². The van der Waals surface area contributed by atoms with E-state index >= 15 is 0 Å². The molecule has 2 aromatic rings. The van der Waals surface area contributed by atoms with Crippen LogP contribution in [0.25, 0.3) is 0 Å². The lowest BCUT2D eigenvalue weighted by molar-refractivity contribution is -0.384. The number of rotatable bonds is 6. The Balaban J connectivity index is 1.94. The van der Waals surface area contributed by atoms with E-state index in [9.17, 15) is 14.9 Å². The molecule has 0 aromatic heterocycles. The van der Waals surface area contributed by atoms with Gasteiger partial charge in [0.05, 0.1) is 27.9 Å². The molecule has 24 heavy (non-hydrogen) atoms. The standard InChI is InChI=1S/C16H15ClN4O3/c1-11(12-5-4-6-13(9-12)21(23)24)19-20-16(22)10-18-15-8-3-2-7-14(15)17/h2-9,18H,10H2,1H3,(H,20,22)/b19-11-. The van der Waals surface area contributed by atoms with E-state index in [1.807, 2.05) is 0 Å². The van der Waals surface area contributed by atoms with Crippen molar-refractivity contribution in [3.63, 3.8) is 0 Å². The van der Waals surface area contributed by atoms with Crippen LogP contribution in [0.5, 0.6) is 0 Å². The molecule has 0 spiro atoms. The van der Waals surface area contributed by atoms with Crippen LogP contribution in [-0.2, 0) is 4.79 Å². The van der Waals surface area contributed by atoms with Gasteiger partial charge in [0.1, 0.15) is 0 Å². The summed E-state index contributed by atoms with van der Waals surface area (Å²) < 4.78 is 0. The summed E-state index contributed by atoms with van der Waals surface area (Å²) in [6, 6.07) is 13.1. The number of nitro benzene ring substituents is 1. The third-order valence-corrected chi connectivity index (χ3v) is 3.47. The topological polar surface area (TPSA) is 96.6 Å². The summed E-state index contributed by atoms with van der Waals surface area (Å²) >= 11 is 5.98. The zero-order chi connectivity index (χ0) is 17.5. The Labute approximate surface area is 143 Å². The van der Waals surface area contributed by atoms with Crippen molar-refractivity contribution in [3.8, 4) is 0 Å². The van der Waals surface area contributed by atoms with E-state index < -0.39 is 4.92 Å². The van der Waals surface area contributed by atoms with Crippen LogP contribution in [0, 0.1) is 10.1 Å². The van der Waals surface area contributed by atoms with Gasteiger partial charge >= 0.3 is 0 Å². The van der Waals surface area contributed by atoms with Crippen molar-refractivity contribution in [2.75, 3.05) is 11.9 Å². The number of carbonyl (C=O) groups excluding carboxylic acids is 1. The summed E-state index contributed by atoms with van der Waals surface area (Å²) in [7, 11) is 0. The number of hydrazone groups is 1. The highest BCUT2D eigenvalue weighted by atomic mass is 35.5. The molecule has 124 valence electrons. The highest BCUT2D eigenvalue weighted by molar-refractivity contribution is 6.33. The van der Waals surface area contributed by atoms with Gasteiger partial charge in [0.2, 0.25) is 0 Å². The van der Waals surface area contributed by atoms with Crippen LogP contribution in [0.15, 0.2) is 53.6 Å². The molecule has 0 heterocycles. The van der Waals surface area contributed by atoms with Crippen LogP contribution in [-0.4, -0.2) is 23.1 Å². The summed E-state index contributed by atoms with van der Waals surface area (Å²) in [5.41, 5.74) is 4.03. The molecule has 0 aliphatic carbocycles. The van der Waals surface area contributed by atoms with Gasteiger partial charge in [-0.1, -0.05) is 35.9 Å². The fourth-order valence-corrected chi connectivity index (χ4v) is 2.08. The molecule has 2 N–H and O–H groups in total. The Morgan fingerprint density at radius 2 is 2.00 bits per heavy atom.